The van der Waals surface area contributed by atoms with Crippen LogP contribution in [0, 0.1) is 0 Å². The number of thioether (sulfide) groups is 1. The second-order valence-corrected chi connectivity index (χ2v) is 6.32. The summed E-state index contributed by atoms with van der Waals surface area (Å²) in [5.74, 6) is -2.74. The van der Waals surface area contributed by atoms with E-state index in [2.05, 4.69) is 0 Å². The molecule has 0 spiro atoms. The molecule has 0 unspecified atom stereocenters. The molecule has 6 heteroatoms. The summed E-state index contributed by atoms with van der Waals surface area (Å²) in [6.45, 7) is -0.769. The summed E-state index contributed by atoms with van der Waals surface area (Å²) in [5, 5.41) is 10.9. The zero-order valence-corrected chi connectivity index (χ0v) is 14.2. The SMILES string of the molecule is CSc1ccc(/C=C2\C(=O)N(CC(=O)[O-])C(=O)c3ccccc32)cc1. The third kappa shape index (κ3) is 3.34. The first kappa shape index (κ1) is 17.0. The predicted molar refractivity (Wildman–Crippen MR) is 93.6 cm³/mol. The van der Waals surface area contributed by atoms with Gasteiger partial charge in [0.1, 0.15) is 0 Å². The number of amides is 2. The van der Waals surface area contributed by atoms with Gasteiger partial charge in [0.2, 0.25) is 0 Å². The summed E-state index contributed by atoms with van der Waals surface area (Å²) < 4.78 is 0. The van der Waals surface area contributed by atoms with Gasteiger partial charge < -0.3 is 9.90 Å². The van der Waals surface area contributed by atoms with Gasteiger partial charge in [-0.15, -0.1) is 11.8 Å². The lowest BCUT2D eigenvalue weighted by molar-refractivity contribution is -0.305. The molecular formula is C19H14NO4S-. The molecule has 0 aliphatic carbocycles. The first-order chi connectivity index (χ1) is 12.0. The van der Waals surface area contributed by atoms with Crippen LogP contribution in [0.1, 0.15) is 21.5 Å². The molecule has 0 saturated carbocycles. The van der Waals surface area contributed by atoms with Crippen molar-refractivity contribution in [3.05, 3.63) is 65.2 Å². The molecule has 2 aromatic rings. The van der Waals surface area contributed by atoms with Crippen molar-refractivity contribution in [1.82, 2.24) is 4.90 Å². The van der Waals surface area contributed by atoms with Gasteiger partial charge in [-0.1, -0.05) is 30.3 Å². The number of carbonyl (C=O) groups excluding carboxylic acids is 3. The standard InChI is InChI=1S/C19H15NO4S/c1-25-13-8-6-12(7-9-13)10-16-14-4-2-3-5-15(14)18(23)20(19(16)24)11-17(21)22/h2-10H,11H2,1H3,(H,21,22)/p-1/b16-10-. The van der Waals surface area contributed by atoms with E-state index in [9.17, 15) is 19.5 Å². The van der Waals surface area contributed by atoms with Crippen LogP contribution in [0.25, 0.3) is 11.6 Å². The molecule has 2 amide bonds. The van der Waals surface area contributed by atoms with E-state index in [-0.39, 0.29) is 5.57 Å². The minimum Gasteiger partial charge on any atom is -0.548 e. The Balaban J connectivity index is 2.10. The summed E-state index contributed by atoms with van der Waals surface area (Å²) in [4.78, 5) is 37.9. The quantitative estimate of drug-likeness (QED) is 0.475. The Morgan fingerprint density at radius 3 is 2.28 bits per heavy atom. The Kier molecular flexibility index (Phi) is 4.72. The molecule has 0 N–H and O–H groups in total. The lowest BCUT2D eigenvalue weighted by atomic mass is 9.92. The number of imide groups is 1. The monoisotopic (exact) mass is 352 g/mol. The summed E-state index contributed by atoms with van der Waals surface area (Å²) in [5.41, 5.74) is 1.88. The molecule has 0 aromatic heterocycles. The van der Waals surface area contributed by atoms with Gasteiger partial charge in [0.05, 0.1) is 12.5 Å². The smallest absolute Gasteiger partial charge is 0.261 e. The number of fused-ring (bicyclic) bond motifs is 1. The predicted octanol–water partition coefficient (Wildman–Crippen LogP) is 1.68. The van der Waals surface area contributed by atoms with E-state index in [0.29, 0.717) is 16.0 Å². The number of benzene rings is 2. The maximum absolute atomic E-state index is 12.7. The van der Waals surface area contributed by atoms with E-state index in [1.54, 1.807) is 42.1 Å². The summed E-state index contributed by atoms with van der Waals surface area (Å²) in [6, 6.07) is 14.3. The molecule has 1 aliphatic rings. The van der Waals surface area contributed by atoms with Crippen molar-refractivity contribution in [1.29, 1.82) is 0 Å². The molecule has 5 nitrogen and oxygen atoms in total. The number of aliphatic carboxylic acids is 1. The largest absolute Gasteiger partial charge is 0.548 e. The molecule has 0 radical (unpaired) electrons. The molecule has 25 heavy (non-hydrogen) atoms. The van der Waals surface area contributed by atoms with Crippen molar-refractivity contribution in [3.8, 4) is 0 Å². The van der Waals surface area contributed by atoms with Gasteiger partial charge in [-0.2, -0.15) is 0 Å². The number of hydrogen-bond acceptors (Lipinski definition) is 5. The highest BCUT2D eigenvalue weighted by molar-refractivity contribution is 7.98. The number of hydrogen-bond donors (Lipinski definition) is 0. The Morgan fingerprint density at radius 2 is 1.68 bits per heavy atom. The van der Waals surface area contributed by atoms with Crippen molar-refractivity contribution in [2.75, 3.05) is 12.8 Å². The third-order valence-electron chi connectivity index (χ3n) is 3.88. The highest BCUT2D eigenvalue weighted by Crippen LogP contribution is 2.30. The van der Waals surface area contributed by atoms with Gasteiger partial charge in [-0.3, -0.25) is 14.5 Å². The Morgan fingerprint density at radius 1 is 1.04 bits per heavy atom. The van der Waals surface area contributed by atoms with Gasteiger partial charge in [-0.05, 0) is 41.7 Å². The van der Waals surface area contributed by atoms with Crippen molar-refractivity contribution in [3.63, 3.8) is 0 Å². The fourth-order valence-electron chi connectivity index (χ4n) is 2.68. The molecule has 0 fully saturated rings. The normalized spacial score (nSPS) is 15.4. The molecule has 1 aliphatic heterocycles. The zero-order valence-electron chi connectivity index (χ0n) is 13.4. The number of carboxylic acids is 1. The molecule has 1 heterocycles. The van der Waals surface area contributed by atoms with E-state index >= 15 is 0 Å². The van der Waals surface area contributed by atoms with Gasteiger partial charge in [0.25, 0.3) is 11.8 Å². The lowest BCUT2D eigenvalue weighted by Gasteiger charge is -2.28. The van der Waals surface area contributed by atoms with Gasteiger partial charge >= 0.3 is 0 Å². The summed E-state index contributed by atoms with van der Waals surface area (Å²) >= 11 is 1.61. The second kappa shape index (κ2) is 6.94. The second-order valence-electron chi connectivity index (χ2n) is 5.45. The van der Waals surface area contributed by atoms with E-state index in [4.69, 9.17) is 0 Å². The van der Waals surface area contributed by atoms with Crippen molar-refractivity contribution < 1.29 is 19.5 Å². The molecule has 2 aromatic carbocycles. The average Bonchev–Trinajstić information content (AvgIpc) is 2.62. The van der Waals surface area contributed by atoms with Crippen LogP contribution in [0.4, 0.5) is 0 Å². The summed E-state index contributed by atoms with van der Waals surface area (Å²) in [6.07, 6.45) is 3.64. The number of carboxylic acid groups (broad SMARTS) is 1. The number of rotatable bonds is 4. The van der Waals surface area contributed by atoms with Crippen LogP contribution in [0.15, 0.2) is 53.4 Å². The van der Waals surface area contributed by atoms with E-state index in [0.717, 1.165) is 10.5 Å². The van der Waals surface area contributed by atoms with Crippen LogP contribution in [-0.4, -0.2) is 35.5 Å². The first-order valence-corrected chi connectivity index (χ1v) is 8.75. The van der Waals surface area contributed by atoms with Crippen molar-refractivity contribution in [2.45, 2.75) is 4.90 Å². The third-order valence-corrected chi connectivity index (χ3v) is 4.63. The minimum atomic E-state index is -1.48. The van der Waals surface area contributed by atoms with Crippen molar-refractivity contribution >= 4 is 41.2 Å². The van der Waals surface area contributed by atoms with Gasteiger partial charge in [0, 0.05) is 16.0 Å². The van der Waals surface area contributed by atoms with Crippen molar-refractivity contribution in [2.24, 2.45) is 0 Å². The Bertz CT molecular complexity index is 887. The Hall–Kier alpha value is -2.86. The minimum absolute atomic E-state index is 0.286. The van der Waals surface area contributed by atoms with Crippen LogP contribution in [0.5, 0.6) is 0 Å². The molecule has 0 bridgehead atoms. The maximum atomic E-state index is 12.7. The fraction of sp³-hybridized carbons (Fsp3) is 0.105. The Labute approximate surface area is 149 Å². The first-order valence-electron chi connectivity index (χ1n) is 7.52. The van der Waals surface area contributed by atoms with E-state index in [1.165, 1.54) is 0 Å². The summed E-state index contributed by atoms with van der Waals surface area (Å²) in [7, 11) is 0. The zero-order chi connectivity index (χ0) is 18.0. The molecular weight excluding hydrogens is 338 g/mol. The molecule has 0 saturated heterocycles. The number of carbonyl (C=O) groups is 3. The molecule has 3 rings (SSSR count). The van der Waals surface area contributed by atoms with Gasteiger partial charge in [0.15, 0.2) is 0 Å². The highest BCUT2D eigenvalue weighted by atomic mass is 32.2. The lowest BCUT2D eigenvalue weighted by Crippen LogP contribution is -2.47. The van der Waals surface area contributed by atoms with Crippen LogP contribution in [0.2, 0.25) is 0 Å². The maximum Gasteiger partial charge on any atom is 0.261 e. The number of nitrogens with zero attached hydrogens (tertiary/aromatic N) is 1. The van der Waals surface area contributed by atoms with Crippen LogP contribution in [0.3, 0.4) is 0 Å². The molecule has 126 valence electrons. The topological polar surface area (TPSA) is 77.5 Å². The van der Waals surface area contributed by atoms with Crippen LogP contribution in [-0.2, 0) is 9.59 Å². The molecule has 0 atom stereocenters. The highest BCUT2D eigenvalue weighted by Gasteiger charge is 2.34. The van der Waals surface area contributed by atoms with Crippen LogP contribution < -0.4 is 5.11 Å². The average molecular weight is 352 g/mol. The van der Waals surface area contributed by atoms with Crippen LogP contribution >= 0.6 is 11.8 Å². The van der Waals surface area contributed by atoms with Gasteiger partial charge in [-0.25, -0.2) is 0 Å². The van der Waals surface area contributed by atoms with E-state index in [1.807, 2.05) is 30.5 Å². The fourth-order valence-corrected chi connectivity index (χ4v) is 3.09. The van der Waals surface area contributed by atoms with E-state index < -0.39 is 24.3 Å².